The van der Waals surface area contributed by atoms with E-state index in [1.165, 1.54) is 6.07 Å². The largest absolute Gasteiger partial charge is 0.459 e. The molecule has 0 amide bonds. The van der Waals surface area contributed by atoms with Gasteiger partial charge in [-0.15, -0.1) is 0 Å². The van der Waals surface area contributed by atoms with Gasteiger partial charge in [-0.3, -0.25) is 4.79 Å². The monoisotopic (exact) mass is 353 g/mol. The topological polar surface area (TPSA) is 38.3 Å². The number of rotatable bonds is 3. The minimum Gasteiger partial charge on any atom is -0.459 e. The zero-order valence-corrected chi connectivity index (χ0v) is 12.9. The fraction of sp³-hybridized carbons (Fsp3) is 0.462. The minimum absolute atomic E-state index is 0.186. The number of carbonyl (C=O) groups excluding carboxylic acids is 1. The van der Waals surface area contributed by atoms with Crippen molar-refractivity contribution < 1.29 is 22.7 Å². The maximum absolute atomic E-state index is 12.6. The molecule has 1 N–H and O–H groups in total. The lowest BCUT2D eigenvalue weighted by molar-refractivity contribution is -0.152. The van der Waals surface area contributed by atoms with Gasteiger partial charge in [-0.25, -0.2) is 0 Å². The highest BCUT2D eigenvalue weighted by atomic mass is 79.9. The predicted molar refractivity (Wildman–Crippen MR) is 73.5 cm³/mol. The summed E-state index contributed by atoms with van der Waals surface area (Å²) in [5.74, 6) is -0.540. The van der Waals surface area contributed by atoms with E-state index in [4.69, 9.17) is 4.74 Å². The average Bonchev–Trinajstić information content (AvgIpc) is 2.24. The summed E-state index contributed by atoms with van der Waals surface area (Å²) in [5, 5.41) is 2.63. The van der Waals surface area contributed by atoms with Crippen molar-refractivity contribution in [2.75, 3.05) is 11.9 Å². The zero-order chi connectivity index (χ0) is 15.6. The van der Waals surface area contributed by atoms with Gasteiger partial charge in [-0.2, -0.15) is 13.2 Å². The van der Waals surface area contributed by atoms with Crippen molar-refractivity contribution in [2.24, 2.45) is 0 Å². The summed E-state index contributed by atoms with van der Waals surface area (Å²) in [6, 6.07) is 3.18. The van der Waals surface area contributed by atoms with Crippen molar-refractivity contribution in [2.45, 2.75) is 32.5 Å². The molecule has 0 atom stereocenters. The zero-order valence-electron chi connectivity index (χ0n) is 11.3. The number of alkyl halides is 3. The number of carbonyl (C=O) groups is 1. The molecule has 0 heterocycles. The molecule has 0 bridgehead atoms. The van der Waals surface area contributed by atoms with Gasteiger partial charge in [-0.1, -0.05) is 0 Å². The molecular formula is C13H15BrF3NO2. The molecule has 1 rings (SSSR count). The van der Waals surface area contributed by atoms with Crippen molar-refractivity contribution >= 4 is 27.6 Å². The average molecular weight is 354 g/mol. The van der Waals surface area contributed by atoms with Gasteiger partial charge in [0.25, 0.3) is 0 Å². The van der Waals surface area contributed by atoms with Crippen LogP contribution in [0.25, 0.3) is 0 Å². The molecule has 0 aliphatic carbocycles. The molecule has 0 saturated heterocycles. The Morgan fingerprint density at radius 3 is 2.40 bits per heavy atom. The number of ether oxygens (including phenoxy) is 1. The Morgan fingerprint density at radius 2 is 1.90 bits per heavy atom. The SMILES string of the molecule is CC(C)(C)OC(=O)CNc1cc(C(F)(F)F)ccc1Br. The van der Waals surface area contributed by atoms with Crippen molar-refractivity contribution in [3.05, 3.63) is 28.2 Å². The molecule has 1 aromatic carbocycles. The van der Waals surface area contributed by atoms with E-state index < -0.39 is 23.3 Å². The third-order valence-corrected chi connectivity index (χ3v) is 2.83. The molecule has 0 aliphatic heterocycles. The van der Waals surface area contributed by atoms with Crippen molar-refractivity contribution in [1.82, 2.24) is 0 Å². The van der Waals surface area contributed by atoms with Crippen LogP contribution in [0.3, 0.4) is 0 Å². The van der Waals surface area contributed by atoms with Crippen LogP contribution >= 0.6 is 15.9 Å². The second-order valence-corrected chi connectivity index (χ2v) is 5.99. The molecule has 112 valence electrons. The molecule has 1 aromatic rings. The summed E-state index contributed by atoms with van der Waals surface area (Å²) < 4.78 is 43.3. The molecule has 3 nitrogen and oxygen atoms in total. The summed E-state index contributed by atoms with van der Waals surface area (Å²) in [4.78, 5) is 11.5. The maximum atomic E-state index is 12.6. The van der Waals surface area contributed by atoms with E-state index in [0.29, 0.717) is 4.47 Å². The molecule has 0 aromatic heterocycles. The predicted octanol–water partition coefficient (Wildman–Crippen LogP) is 4.22. The van der Waals surface area contributed by atoms with E-state index in [1.54, 1.807) is 20.8 Å². The van der Waals surface area contributed by atoms with E-state index in [-0.39, 0.29) is 12.2 Å². The van der Waals surface area contributed by atoms with E-state index >= 15 is 0 Å². The number of halogens is 4. The summed E-state index contributed by atoms with van der Waals surface area (Å²) in [6.07, 6.45) is -4.43. The van der Waals surface area contributed by atoms with Crippen LogP contribution in [0.1, 0.15) is 26.3 Å². The van der Waals surface area contributed by atoms with Gasteiger partial charge in [-0.05, 0) is 54.9 Å². The van der Waals surface area contributed by atoms with E-state index in [9.17, 15) is 18.0 Å². The van der Waals surface area contributed by atoms with Crippen molar-refractivity contribution in [3.8, 4) is 0 Å². The van der Waals surface area contributed by atoms with Crippen LogP contribution in [0, 0.1) is 0 Å². The Labute approximate surface area is 123 Å². The Kier molecular flexibility index (Phi) is 5.07. The molecule has 0 fully saturated rings. The number of anilines is 1. The first kappa shape index (κ1) is 16.8. The number of benzene rings is 1. The summed E-state index contributed by atoms with van der Waals surface area (Å²) >= 11 is 3.13. The van der Waals surface area contributed by atoms with Crippen LogP contribution in [0.4, 0.5) is 18.9 Å². The smallest absolute Gasteiger partial charge is 0.416 e. The lowest BCUT2D eigenvalue weighted by atomic mass is 10.2. The Morgan fingerprint density at radius 1 is 1.30 bits per heavy atom. The Balaban J connectivity index is 2.75. The van der Waals surface area contributed by atoms with E-state index in [0.717, 1.165) is 12.1 Å². The van der Waals surface area contributed by atoms with Crippen LogP contribution in [-0.4, -0.2) is 18.1 Å². The van der Waals surface area contributed by atoms with Crippen LogP contribution < -0.4 is 5.32 Å². The number of hydrogen-bond donors (Lipinski definition) is 1. The fourth-order valence-corrected chi connectivity index (χ4v) is 1.77. The van der Waals surface area contributed by atoms with Crippen LogP contribution in [0.5, 0.6) is 0 Å². The van der Waals surface area contributed by atoms with Crippen molar-refractivity contribution in [3.63, 3.8) is 0 Å². The first-order valence-corrected chi connectivity index (χ1v) is 6.61. The Hall–Kier alpha value is -1.24. The Bertz CT molecular complexity index is 495. The van der Waals surface area contributed by atoms with E-state index in [2.05, 4.69) is 21.2 Å². The summed E-state index contributed by atoms with van der Waals surface area (Å²) in [7, 11) is 0. The highest BCUT2D eigenvalue weighted by Gasteiger charge is 2.31. The molecule has 20 heavy (non-hydrogen) atoms. The van der Waals surface area contributed by atoms with Crippen LogP contribution in [-0.2, 0) is 15.7 Å². The maximum Gasteiger partial charge on any atom is 0.416 e. The second-order valence-electron chi connectivity index (χ2n) is 5.13. The first-order chi connectivity index (χ1) is 8.99. The van der Waals surface area contributed by atoms with Gasteiger partial charge in [0.15, 0.2) is 0 Å². The van der Waals surface area contributed by atoms with Gasteiger partial charge >= 0.3 is 12.1 Å². The second kappa shape index (κ2) is 6.03. The number of esters is 1. The highest BCUT2D eigenvalue weighted by molar-refractivity contribution is 9.10. The highest BCUT2D eigenvalue weighted by Crippen LogP contribution is 2.33. The third kappa shape index (κ3) is 5.40. The summed E-state index contributed by atoms with van der Waals surface area (Å²) in [5.41, 5.74) is -1.23. The van der Waals surface area contributed by atoms with Gasteiger partial charge in [0, 0.05) is 10.2 Å². The fourth-order valence-electron chi connectivity index (χ4n) is 1.38. The molecule has 0 spiro atoms. The van der Waals surface area contributed by atoms with Crippen LogP contribution in [0.2, 0.25) is 0 Å². The summed E-state index contributed by atoms with van der Waals surface area (Å²) in [6.45, 7) is 4.93. The number of hydrogen-bond acceptors (Lipinski definition) is 3. The molecule has 0 unspecified atom stereocenters. The molecule has 7 heteroatoms. The van der Waals surface area contributed by atoms with Gasteiger partial charge < -0.3 is 10.1 Å². The standard InChI is InChI=1S/C13H15BrF3NO2/c1-12(2,3)20-11(19)7-18-10-6-8(13(15,16)17)4-5-9(10)14/h4-6,18H,7H2,1-3H3. The molecule has 0 aliphatic rings. The van der Waals surface area contributed by atoms with E-state index in [1.807, 2.05) is 0 Å². The van der Waals surface area contributed by atoms with Gasteiger partial charge in [0.05, 0.1) is 5.56 Å². The molecule has 0 radical (unpaired) electrons. The lowest BCUT2D eigenvalue weighted by Gasteiger charge is -2.20. The normalized spacial score (nSPS) is 12.2. The van der Waals surface area contributed by atoms with Gasteiger partial charge in [0.1, 0.15) is 12.1 Å². The lowest BCUT2D eigenvalue weighted by Crippen LogP contribution is -2.28. The van der Waals surface area contributed by atoms with Crippen LogP contribution in [0.15, 0.2) is 22.7 Å². The molecular weight excluding hydrogens is 339 g/mol. The quantitative estimate of drug-likeness (QED) is 0.826. The third-order valence-electron chi connectivity index (χ3n) is 2.14. The van der Waals surface area contributed by atoms with Gasteiger partial charge in [0.2, 0.25) is 0 Å². The minimum atomic E-state index is -4.43. The molecule has 0 saturated carbocycles. The number of nitrogens with one attached hydrogen (secondary N) is 1. The van der Waals surface area contributed by atoms with Crippen molar-refractivity contribution in [1.29, 1.82) is 0 Å². The first-order valence-electron chi connectivity index (χ1n) is 5.81.